The van der Waals surface area contributed by atoms with Crippen molar-refractivity contribution in [2.75, 3.05) is 14.1 Å². The van der Waals surface area contributed by atoms with Crippen molar-refractivity contribution in [1.82, 2.24) is 14.3 Å². The first-order chi connectivity index (χ1) is 12.4. The third-order valence-corrected chi connectivity index (χ3v) is 4.68. The van der Waals surface area contributed by atoms with Gasteiger partial charge in [0.15, 0.2) is 0 Å². The lowest BCUT2D eigenvalue weighted by atomic mass is 10.0. The van der Waals surface area contributed by atoms with Crippen LogP contribution in [0.25, 0.3) is 0 Å². The second-order valence-electron chi connectivity index (χ2n) is 5.26. The molecule has 27 heavy (non-hydrogen) atoms. The number of nitrogens with zero attached hydrogens (tertiary/aromatic N) is 3. The minimum absolute atomic E-state index is 0.0375. The van der Waals surface area contributed by atoms with Gasteiger partial charge in [-0.25, -0.2) is 0 Å². The lowest BCUT2D eigenvalue weighted by molar-refractivity contribution is -0.143. The summed E-state index contributed by atoms with van der Waals surface area (Å²) in [6.07, 6.45) is -9.88. The van der Waals surface area contributed by atoms with Gasteiger partial charge in [-0.1, -0.05) is 6.07 Å². The Labute approximate surface area is 157 Å². The van der Waals surface area contributed by atoms with Crippen molar-refractivity contribution >= 4 is 28.5 Å². The quantitative estimate of drug-likeness (QED) is 0.508. The summed E-state index contributed by atoms with van der Waals surface area (Å²) < 4.78 is 86.1. The third kappa shape index (κ3) is 5.73. The van der Waals surface area contributed by atoms with Crippen LogP contribution in [0.4, 0.5) is 31.1 Å². The van der Waals surface area contributed by atoms with E-state index in [2.05, 4.69) is 9.36 Å². The van der Waals surface area contributed by atoms with Gasteiger partial charge < -0.3 is 9.64 Å². The summed E-state index contributed by atoms with van der Waals surface area (Å²) in [4.78, 5) is 16.6. The first-order valence-electron chi connectivity index (χ1n) is 7.01. The predicted octanol–water partition coefficient (Wildman–Crippen LogP) is 4.93. The molecule has 1 aromatic heterocycles. The lowest BCUT2D eigenvalue weighted by Gasteiger charge is -2.15. The molecule has 0 aliphatic rings. The van der Waals surface area contributed by atoms with E-state index in [0.29, 0.717) is 35.4 Å². The number of ether oxygens (including phenoxy) is 1. The summed E-state index contributed by atoms with van der Waals surface area (Å²) >= 11 is 1.40. The Kier molecular flexibility index (Phi) is 6.24. The molecule has 0 spiro atoms. The predicted molar refractivity (Wildman–Crippen MR) is 85.6 cm³/mol. The molecule has 2 aromatic rings. The van der Waals surface area contributed by atoms with Crippen LogP contribution in [0.3, 0.4) is 0 Å². The van der Waals surface area contributed by atoms with Crippen molar-refractivity contribution in [2.45, 2.75) is 24.1 Å². The molecule has 0 bridgehead atoms. The van der Waals surface area contributed by atoms with E-state index in [9.17, 15) is 31.1 Å². The Hall–Kier alpha value is -2.02. The zero-order chi connectivity index (χ0) is 20.4. The van der Waals surface area contributed by atoms with Gasteiger partial charge >= 0.3 is 12.4 Å². The number of carbonyl (C=O) groups is 1. The molecule has 0 aliphatic heterocycles. The van der Waals surface area contributed by atoms with Crippen LogP contribution in [0, 0.1) is 0 Å². The summed E-state index contributed by atoms with van der Waals surface area (Å²) in [5, 5.41) is -0.421. The van der Waals surface area contributed by atoms with Crippen LogP contribution in [0.1, 0.15) is 16.7 Å². The molecule has 2 rings (SSSR count). The summed E-state index contributed by atoms with van der Waals surface area (Å²) in [6, 6.07) is 1.29. The molecule has 0 radical (unpaired) electrons. The molecule has 13 heteroatoms. The van der Waals surface area contributed by atoms with Gasteiger partial charge in [0.05, 0.1) is 11.1 Å². The summed E-state index contributed by atoms with van der Waals surface area (Å²) in [6.45, 7) is -0.659. The summed E-state index contributed by atoms with van der Waals surface area (Å²) in [5.41, 5.74) is -3.33. The Morgan fingerprint density at radius 1 is 1.19 bits per heavy atom. The van der Waals surface area contributed by atoms with Crippen LogP contribution < -0.4 is 4.74 Å². The molecule has 5 nitrogen and oxygen atoms in total. The van der Waals surface area contributed by atoms with E-state index in [0.717, 1.165) is 0 Å². The van der Waals surface area contributed by atoms with Crippen LogP contribution in [0.5, 0.6) is 5.19 Å². The van der Waals surface area contributed by atoms with Gasteiger partial charge in [-0.2, -0.15) is 35.7 Å². The monoisotopic (exact) mass is 431 g/mol. The van der Waals surface area contributed by atoms with Gasteiger partial charge in [0.1, 0.15) is 6.61 Å². The number of halogens is 6. The highest BCUT2D eigenvalue weighted by atomic mass is 32.2. The molecular formula is C14H11F6N3O2S2. The van der Waals surface area contributed by atoms with Gasteiger partial charge in [0, 0.05) is 43.0 Å². The van der Waals surface area contributed by atoms with E-state index in [-0.39, 0.29) is 21.7 Å². The molecule has 148 valence electrons. The minimum atomic E-state index is -4.99. The maximum absolute atomic E-state index is 13.1. The maximum Gasteiger partial charge on any atom is 0.416 e. The first-order valence-corrected chi connectivity index (χ1v) is 8.60. The Morgan fingerprint density at radius 2 is 1.85 bits per heavy atom. The van der Waals surface area contributed by atoms with E-state index in [1.165, 1.54) is 19.0 Å². The van der Waals surface area contributed by atoms with E-state index in [4.69, 9.17) is 4.74 Å². The molecule has 0 saturated heterocycles. The highest BCUT2D eigenvalue weighted by Gasteiger charge is 2.38. The number of alkyl halides is 6. The summed E-state index contributed by atoms with van der Waals surface area (Å²) in [5.74, 6) is 0. The molecule has 0 saturated carbocycles. The SMILES string of the molecule is CN(C)C(=O)Sc1nsc(OCc2ccc(C(F)(F)F)cc2C(F)(F)F)n1. The number of hydrogen-bond acceptors (Lipinski definition) is 6. The topological polar surface area (TPSA) is 55.3 Å². The van der Waals surface area contributed by atoms with E-state index in [1.807, 2.05) is 0 Å². The van der Waals surface area contributed by atoms with Gasteiger partial charge in [0.2, 0.25) is 5.16 Å². The Morgan fingerprint density at radius 3 is 2.41 bits per heavy atom. The molecule has 0 fully saturated rings. The highest BCUT2D eigenvalue weighted by Crippen LogP contribution is 2.37. The normalized spacial score (nSPS) is 12.1. The van der Waals surface area contributed by atoms with Crippen molar-refractivity contribution in [3.8, 4) is 5.19 Å². The van der Waals surface area contributed by atoms with Gasteiger partial charge in [-0.3, -0.25) is 4.79 Å². The van der Waals surface area contributed by atoms with E-state index >= 15 is 0 Å². The van der Waals surface area contributed by atoms with Crippen LogP contribution >= 0.6 is 23.3 Å². The number of thioether (sulfide) groups is 1. The van der Waals surface area contributed by atoms with E-state index in [1.54, 1.807) is 0 Å². The largest absolute Gasteiger partial charge is 0.464 e. The minimum Gasteiger partial charge on any atom is -0.464 e. The Balaban J connectivity index is 2.16. The molecular weight excluding hydrogens is 420 g/mol. The standard InChI is InChI=1S/C14H11F6N3O2S2/c1-23(2)12(24)26-10-21-11(27-22-10)25-6-7-3-4-8(13(15,16)17)5-9(7)14(18,19)20/h3-5H,6H2,1-2H3. The average Bonchev–Trinajstić information content (AvgIpc) is 2.98. The summed E-state index contributed by atoms with van der Waals surface area (Å²) in [7, 11) is 3.03. The smallest absolute Gasteiger partial charge is 0.416 e. The number of benzene rings is 1. The van der Waals surface area contributed by atoms with Crippen molar-refractivity contribution in [1.29, 1.82) is 0 Å². The fraction of sp³-hybridized carbons (Fsp3) is 0.357. The fourth-order valence-corrected chi connectivity index (χ4v) is 2.97. The first kappa shape index (κ1) is 21.3. The fourth-order valence-electron chi connectivity index (χ4n) is 1.75. The number of aromatic nitrogens is 2. The molecule has 0 atom stereocenters. The van der Waals surface area contributed by atoms with Crippen molar-refractivity contribution < 1.29 is 35.9 Å². The maximum atomic E-state index is 13.1. The molecule has 1 aromatic carbocycles. The second kappa shape index (κ2) is 7.92. The number of carbonyl (C=O) groups excluding carboxylic acids is 1. The van der Waals surface area contributed by atoms with Gasteiger partial charge in [-0.05, 0) is 12.1 Å². The molecule has 0 unspecified atom stereocenters. The van der Waals surface area contributed by atoms with Crippen LogP contribution in [-0.2, 0) is 19.0 Å². The zero-order valence-corrected chi connectivity index (χ0v) is 15.3. The highest BCUT2D eigenvalue weighted by molar-refractivity contribution is 8.13. The lowest BCUT2D eigenvalue weighted by Crippen LogP contribution is -2.16. The Bertz CT molecular complexity index is 820. The number of amides is 1. The van der Waals surface area contributed by atoms with Gasteiger partial charge in [-0.15, -0.1) is 0 Å². The van der Waals surface area contributed by atoms with Crippen molar-refractivity contribution in [3.05, 3.63) is 34.9 Å². The van der Waals surface area contributed by atoms with Crippen molar-refractivity contribution in [2.24, 2.45) is 0 Å². The van der Waals surface area contributed by atoms with E-state index < -0.39 is 35.6 Å². The van der Waals surface area contributed by atoms with Crippen LogP contribution in [-0.4, -0.2) is 33.6 Å². The van der Waals surface area contributed by atoms with Gasteiger partial charge in [0.25, 0.3) is 10.4 Å². The average molecular weight is 431 g/mol. The number of rotatable bonds is 4. The van der Waals surface area contributed by atoms with Crippen LogP contribution in [0.2, 0.25) is 0 Å². The second-order valence-corrected chi connectivity index (χ2v) is 6.89. The van der Waals surface area contributed by atoms with Crippen LogP contribution in [0.15, 0.2) is 23.4 Å². The number of hydrogen-bond donors (Lipinski definition) is 0. The zero-order valence-electron chi connectivity index (χ0n) is 13.7. The van der Waals surface area contributed by atoms with Crippen molar-refractivity contribution in [3.63, 3.8) is 0 Å². The third-order valence-electron chi connectivity index (χ3n) is 3.03. The molecule has 0 aliphatic carbocycles. The molecule has 0 N–H and O–H groups in total. The molecule has 1 amide bonds. The molecule has 1 heterocycles.